The number of fused-ring (bicyclic) bond motifs is 1. The number of alkyl halides is 2. The van der Waals surface area contributed by atoms with Crippen LogP contribution >= 0.6 is 0 Å². The van der Waals surface area contributed by atoms with Gasteiger partial charge in [0.2, 0.25) is 17.1 Å². The van der Waals surface area contributed by atoms with E-state index in [2.05, 4.69) is 37.5 Å². The van der Waals surface area contributed by atoms with Gasteiger partial charge in [0.05, 0.1) is 5.56 Å². The monoisotopic (exact) mass is 367 g/mol. The number of aryl methyl sites for hydroxylation is 3. The average Bonchev–Trinajstić information content (AvgIpc) is 2.98. The van der Waals surface area contributed by atoms with Gasteiger partial charge < -0.3 is 0 Å². The molecule has 3 aromatic rings. The molecule has 27 heavy (non-hydrogen) atoms. The first-order chi connectivity index (χ1) is 12.8. The van der Waals surface area contributed by atoms with Crippen molar-refractivity contribution in [2.24, 2.45) is 7.05 Å². The molecule has 1 unspecified atom stereocenters. The van der Waals surface area contributed by atoms with Gasteiger partial charge in [-0.1, -0.05) is 23.8 Å². The molecule has 0 radical (unpaired) electrons. The molecule has 2 aromatic carbocycles. The second-order valence-electron chi connectivity index (χ2n) is 7.97. The third kappa shape index (κ3) is 3.11. The molecule has 1 heterocycles. The SMILES string of the molecule is Cc1cc(C)c(C)c(-c2cnc3c(C4CCC(F)(F)C4)cccc3[n+]2C)c1. The van der Waals surface area contributed by atoms with Gasteiger partial charge in [-0.05, 0) is 55.9 Å². The van der Waals surface area contributed by atoms with E-state index >= 15 is 0 Å². The van der Waals surface area contributed by atoms with Crippen molar-refractivity contribution in [1.29, 1.82) is 0 Å². The number of hydrogen-bond donors (Lipinski definition) is 0. The minimum atomic E-state index is -2.55. The first kappa shape index (κ1) is 18.0. The van der Waals surface area contributed by atoms with Gasteiger partial charge in [-0.2, -0.15) is 4.57 Å². The predicted molar refractivity (Wildman–Crippen MR) is 104 cm³/mol. The van der Waals surface area contributed by atoms with Crippen LogP contribution in [0.15, 0.2) is 36.5 Å². The van der Waals surface area contributed by atoms with E-state index < -0.39 is 5.92 Å². The lowest BCUT2D eigenvalue weighted by Gasteiger charge is -2.14. The smallest absolute Gasteiger partial charge is 0.243 e. The largest absolute Gasteiger partial charge is 0.248 e. The lowest BCUT2D eigenvalue weighted by atomic mass is 9.95. The van der Waals surface area contributed by atoms with Crippen LogP contribution in [-0.2, 0) is 7.05 Å². The summed E-state index contributed by atoms with van der Waals surface area (Å²) >= 11 is 0. The molecule has 4 heteroatoms. The highest BCUT2D eigenvalue weighted by Gasteiger charge is 2.41. The van der Waals surface area contributed by atoms with Gasteiger partial charge in [-0.25, -0.2) is 13.8 Å². The summed E-state index contributed by atoms with van der Waals surface area (Å²) in [5.41, 5.74) is 8.70. The van der Waals surface area contributed by atoms with Gasteiger partial charge in [-0.15, -0.1) is 0 Å². The summed E-state index contributed by atoms with van der Waals surface area (Å²) in [5.74, 6) is -2.67. The summed E-state index contributed by atoms with van der Waals surface area (Å²) in [7, 11) is 2.03. The van der Waals surface area contributed by atoms with Crippen molar-refractivity contribution in [3.8, 4) is 11.3 Å². The van der Waals surface area contributed by atoms with Crippen molar-refractivity contribution in [3.05, 3.63) is 58.8 Å². The number of para-hydroxylation sites is 1. The summed E-state index contributed by atoms with van der Waals surface area (Å²) in [5, 5.41) is 0. The normalized spacial score (nSPS) is 19.0. The first-order valence-corrected chi connectivity index (χ1v) is 9.50. The van der Waals surface area contributed by atoms with Gasteiger partial charge in [0.25, 0.3) is 0 Å². The van der Waals surface area contributed by atoms with E-state index in [-0.39, 0.29) is 18.8 Å². The van der Waals surface area contributed by atoms with Crippen LogP contribution in [0.2, 0.25) is 0 Å². The minimum Gasteiger partial charge on any atom is -0.243 e. The van der Waals surface area contributed by atoms with Crippen molar-refractivity contribution >= 4 is 11.0 Å². The molecule has 1 saturated carbocycles. The molecule has 0 spiro atoms. The Morgan fingerprint density at radius 2 is 1.93 bits per heavy atom. The number of rotatable bonds is 2. The highest BCUT2D eigenvalue weighted by atomic mass is 19.3. The summed E-state index contributed by atoms with van der Waals surface area (Å²) < 4.78 is 29.6. The molecule has 1 atom stereocenters. The molecular weight excluding hydrogens is 342 g/mol. The fourth-order valence-corrected chi connectivity index (χ4v) is 4.40. The van der Waals surface area contributed by atoms with E-state index in [1.165, 1.54) is 22.3 Å². The van der Waals surface area contributed by atoms with E-state index in [0.29, 0.717) is 6.42 Å². The van der Waals surface area contributed by atoms with Crippen LogP contribution in [0.5, 0.6) is 0 Å². The van der Waals surface area contributed by atoms with Crippen LogP contribution in [0.1, 0.15) is 47.4 Å². The molecule has 140 valence electrons. The zero-order valence-electron chi connectivity index (χ0n) is 16.3. The Bertz CT molecular complexity index is 1040. The number of halogens is 2. The van der Waals surface area contributed by atoms with E-state index in [0.717, 1.165) is 22.3 Å². The second-order valence-corrected chi connectivity index (χ2v) is 7.97. The zero-order valence-corrected chi connectivity index (χ0v) is 16.3. The topological polar surface area (TPSA) is 16.8 Å². The van der Waals surface area contributed by atoms with Gasteiger partial charge in [-0.3, -0.25) is 0 Å². The van der Waals surface area contributed by atoms with E-state index in [1.54, 1.807) is 0 Å². The van der Waals surface area contributed by atoms with Crippen molar-refractivity contribution in [2.75, 3.05) is 0 Å². The first-order valence-electron chi connectivity index (χ1n) is 9.50. The zero-order chi connectivity index (χ0) is 19.3. The van der Waals surface area contributed by atoms with Crippen LogP contribution in [0.4, 0.5) is 8.78 Å². The van der Waals surface area contributed by atoms with Gasteiger partial charge in [0.1, 0.15) is 18.8 Å². The molecule has 1 fully saturated rings. The molecule has 0 amide bonds. The summed E-state index contributed by atoms with van der Waals surface area (Å²) in [6, 6.07) is 10.3. The maximum absolute atomic E-state index is 13.7. The highest BCUT2D eigenvalue weighted by Crippen LogP contribution is 2.45. The molecule has 1 aliphatic carbocycles. The highest BCUT2D eigenvalue weighted by molar-refractivity contribution is 5.77. The van der Waals surface area contributed by atoms with Crippen molar-refractivity contribution in [2.45, 2.75) is 51.9 Å². The lowest BCUT2D eigenvalue weighted by molar-refractivity contribution is -0.634. The molecule has 0 bridgehead atoms. The van der Waals surface area contributed by atoms with Crippen molar-refractivity contribution < 1.29 is 13.3 Å². The molecule has 1 aliphatic rings. The Balaban J connectivity index is 1.87. The number of hydrogen-bond acceptors (Lipinski definition) is 1. The lowest BCUT2D eigenvalue weighted by Crippen LogP contribution is -2.33. The molecule has 2 nitrogen and oxygen atoms in total. The van der Waals surface area contributed by atoms with Crippen LogP contribution in [0.25, 0.3) is 22.3 Å². The molecule has 0 saturated heterocycles. The fraction of sp³-hybridized carbons (Fsp3) is 0.391. The molecule has 4 rings (SSSR count). The van der Waals surface area contributed by atoms with E-state index in [4.69, 9.17) is 4.98 Å². The van der Waals surface area contributed by atoms with E-state index in [1.807, 2.05) is 31.4 Å². The summed E-state index contributed by atoms with van der Waals surface area (Å²) in [6.07, 6.45) is 2.31. The Kier molecular flexibility index (Phi) is 4.25. The molecule has 1 aromatic heterocycles. The maximum Gasteiger partial charge on any atom is 0.248 e. The third-order valence-corrected chi connectivity index (χ3v) is 6.02. The van der Waals surface area contributed by atoms with Crippen LogP contribution in [0, 0.1) is 20.8 Å². The Morgan fingerprint density at radius 3 is 2.63 bits per heavy atom. The fourth-order valence-electron chi connectivity index (χ4n) is 4.40. The van der Waals surface area contributed by atoms with Crippen LogP contribution in [-0.4, -0.2) is 10.9 Å². The average molecular weight is 367 g/mol. The summed E-state index contributed by atoms with van der Waals surface area (Å²) in [6.45, 7) is 6.35. The Hall–Kier alpha value is -2.36. The maximum atomic E-state index is 13.7. The van der Waals surface area contributed by atoms with Crippen molar-refractivity contribution in [3.63, 3.8) is 0 Å². The molecule has 0 N–H and O–H groups in total. The Morgan fingerprint density at radius 1 is 1.15 bits per heavy atom. The standard InChI is InChI=1S/C23H25F2N2/c1-14-10-15(2)16(3)19(11-14)21-13-26-22-18(6-5-7-20(22)27(21)4)17-8-9-23(24,25)12-17/h5-7,10-11,13,17H,8-9,12H2,1-4H3/q+1. The van der Waals surface area contributed by atoms with Gasteiger partial charge in [0, 0.05) is 18.9 Å². The molecular formula is C23H25F2N2+. The van der Waals surface area contributed by atoms with Crippen molar-refractivity contribution in [1.82, 2.24) is 4.98 Å². The Labute approximate surface area is 158 Å². The van der Waals surface area contributed by atoms with Gasteiger partial charge in [0.15, 0.2) is 0 Å². The third-order valence-electron chi connectivity index (χ3n) is 6.02. The quantitative estimate of drug-likeness (QED) is 0.542. The second kappa shape index (κ2) is 6.36. The predicted octanol–water partition coefficient (Wildman–Crippen LogP) is 5.55. The van der Waals surface area contributed by atoms with E-state index in [9.17, 15) is 8.78 Å². The number of benzene rings is 2. The summed E-state index contributed by atoms with van der Waals surface area (Å²) in [4.78, 5) is 4.75. The number of nitrogens with zero attached hydrogens (tertiary/aromatic N) is 2. The molecule has 0 aliphatic heterocycles. The van der Waals surface area contributed by atoms with Crippen LogP contribution < -0.4 is 4.57 Å². The number of aromatic nitrogens is 2. The minimum absolute atomic E-state index is 0.0278. The van der Waals surface area contributed by atoms with Gasteiger partial charge >= 0.3 is 0 Å². The van der Waals surface area contributed by atoms with Crippen LogP contribution in [0.3, 0.4) is 0 Å².